The van der Waals surface area contributed by atoms with Crippen molar-refractivity contribution in [2.45, 2.75) is 26.8 Å². The zero-order valence-electron chi connectivity index (χ0n) is 14.6. The molecular formula is C19H25IN4S. The minimum Gasteiger partial charge on any atom is -0.361 e. The van der Waals surface area contributed by atoms with E-state index in [9.17, 15) is 0 Å². The number of nitrogens with one attached hydrogen (secondary N) is 3. The average Bonchev–Trinajstić information content (AvgIpc) is 3.22. The fraction of sp³-hybridized carbons (Fsp3) is 0.316. The van der Waals surface area contributed by atoms with Gasteiger partial charge in [0.25, 0.3) is 0 Å². The molecule has 0 amide bonds. The Kier molecular flexibility index (Phi) is 7.77. The number of hydrogen-bond donors (Lipinski definition) is 3. The van der Waals surface area contributed by atoms with Crippen LogP contribution < -0.4 is 10.6 Å². The number of aromatic nitrogens is 1. The van der Waals surface area contributed by atoms with E-state index in [1.807, 2.05) is 0 Å². The van der Waals surface area contributed by atoms with Crippen molar-refractivity contribution in [3.8, 4) is 0 Å². The lowest BCUT2D eigenvalue weighted by atomic mass is 10.1. The first-order chi connectivity index (χ1) is 11.8. The highest BCUT2D eigenvalue weighted by atomic mass is 127. The van der Waals surface area contributed by atoms with Crippen LogP contribution in [0.3, 0.4) is 0 Å². The van der Waals surface area contributed by atoms with E-state index in [1.165, 1.54) is 27.6 Å². The van der Waals surface area contributed by atoms with Crippen LogP contribution in [0, 0.1) is 6.92 Å². The topological polar surface area (TPSA) is 52.2 Å². The van der Waals surface area contributed by atoms with Crippen LogP contribution in [0.15, 0.2) is 46.2 Å². The van der Waals surface area contributed by atoms with E-state index < -0.39 is 0 Å². The molecule has 3 N–H and O–H groups in total. The zero-order chi connectivity index (χ0) is 16.8. The summed E-state index contributed by atoms with van der Waals surface area (Å²) in [5, 5.41) is 12.3. The summed E-state index contributed by atoms with van der Waals surface area (Å²) in [7, 11) is 0. The van der Waals surface area contributed by atoms with Gasteiger partial charge in [0.05, 0.1) is 6.54 Å². The van der Waals surface area contributed by atoms with Crippen LogP contribution in [0.5, 0.6) is 0 Å². The van der Waals surface area contributed by atoms with Crippen LogP contribution in [-0.2, 0) is 13.0 Å². The molecule has 0 aliphatic heterocycles. The zero-order valence-corrected chi connectivity index (χ0v) is 17.8. The van der Waals surface area contributed by atoms with Crippen molar-refractivity contribution in [1.29, 1.82) is 0 Å². The molecule has 0 bridgehead atoms. The van der Waals surface area contributed by atoms with Gasteiger partial charge in [-0.1, -0.05) is 12.1 Å². The Balaban J connectivity index is 0.00000225. The maximum Gasteiger partial charge on any atom is 0.191 e. The van der Waals surface area contributed by atoms with Gasteiger partial charge in [-0.15, -0.1) is 24.0 Å². The Bertz CT molecular complexity index is 808. The monoisotopic (exact) mass is 468 g/mol. The molecule has 25 heavy (non-hydrogen) atoms. The highest BCUT2D eigenvalue weighted by Crippen LogP contribution is 2.19. The summed E-state index contributed by atoms with van der Waals surface area (Å²) in [6, 6.07) is 8.68. The summed E-state index contributed by atoms with van der Waals surface area (Å²) < 4.78 is 0. The molecule has 4 nitrogen and oxygen atoms in total. The first-order valence-electron chi connectivity index (χ1n) is 8.36. The summed E-state index contributed by atoms with van der Waals surface area (Å²) in [6.45, 7) is 6.64. The second-order valence-electron chi connectivity index (χ2n) is 5.87. The standard InChI is InChI=1S/C19H24N4S.HI/c1-3-20-19(23-11-15-7-9-24-13-15)21-8-6-16-12-22-18-10-14(2)4-5-17(16)18;/h4-5,7,9-10,12-13,22H,3,6,8,11H2,1-2H3,(H2,20,21,23);1H. The normalized spacial score (nSPS) is 11.4. The maximum absolute atomic E-state index is 4.64. The molecule has 2 heterocycles. The number of guanidine groups is 1. The van der Waals surface area contributed by atoms with E-state index in [4.69, 9.17) is 0 Å². The summed E-state index contributed by atoms with van der Waals surface area (Å²) in [6.07, 6.45) is 3.08. The molecule has 0 radical (unpaired) electrons. The summed E-state index contributed by atoms with van der Waals surface area (Å²) in [5.41, 5.74) is 5.09. The highest BCUT2D eigenvalue weighted by Gasteiger charge is 2.04. The number of thiophene rings is 1. The van der Waals surface area contributed by atoms with Gasteiger partial charge in [-0.3, -0.25) is 0 Å². The van der Waals surface area contributed by atoms with Gasteiger partial charge in [0, 0.05) is 30.2 Å². The SMILES string of the molecule is CCNC(=NCc1ccsc1)NCCc1c[nH]c2cc(C)ccc12.I. The molecule has 134 valence electrons. The maximum atomic E-state index is 4.64. The molecular weight excluding hydrogens is 443 g/mol. The van der Waals surface area contributed by atoms with Crippen LogP contribution in [0.1, 0.15) is 23.6 Å². The van der Waals surface area contributed by atoms with Gasteiger partial charge in [-0.25, -0.2) is 4.99 Å². The number of nitrogens with zero attached hydrogens (tertiary/aromatic N) is 1. The second kappa shape index (κ2) is 9.82. The number of halogens is 1. The first-order valence-corrected chi connectivity index (χ1v) is 9.30. The van der Waals surface area contributed by atoms with E-state index in [0.29, 0.717) is 6.54 Å². The third-order valence-corrected chi connectivity index (χ3v) is 4.69. The minimum atomic E-state index is 0. The lowest BCUT2D eigenvalue weighted by Crippen LogP contribution is -2.38. The van der Waals surface area contributed by atoms with E-state index in [1.54, 1.807) is 11.3 Å². The Morgan fingerprint density at radius 3 is 2.88 bits per heavy atom. The van der Waals surface area contributed by atoms with Crippen molar-refractivity contribution in [2.24, 2.45) is 4.99 Å². The number of rotatable bonds is 6. The predicted octanol–water partition coefficient (Wildman–Crippen LogP) is 4.45. The molecule has 2 aromatic heterocycles. The summed E-state index contributed by atoms with van der Waals surface area (Å²) >= 11 is 1.71. The molecule has 0 unspecified atom stereocenters. The van der Waals surface area contributed by atoms with E-state index in [0.717, 1.165) is 25.5 Å². The van der Waals surface area contributed by atoms with Gasteiger partial charge < -0.3 is 15.6 Å². The fourth-order valence-electron chi connectivity index (χ4n) is 2.72. The highest BCUT2D eigenvalue weighted by molar-refractivity contribution is 14.0. The van der Waals surface area contributed by atoms with Gasteiger partial charge >= 0.3 is 0 Å². The number of aryl methyl sites for hydroxylation is 1. The molecule has 0 spiro atoms. The van der Waals surface area contributed by atoms with Crippen molar-refractivity contribution in [3.63, 3.8) is 0 Å². The summed E-state index contributed by atoms with van der Waals surface area (Å²) in [4.78, 5) is 8.01. The molecule has 0 atom stereocenters. The van der Waals surface area contributed by atoms with E-state index in [2.05, 4.69) is 75.7 Å². The van der Waals surface area contributed by atoms with E-state index >= 15 is 0 Å². The lowest BCUT2D eigenvalue weighted by molar-refractivity contribution is 0.802. The molecule has 0 saturated carbocycles. The second-order valence-corrected chi connectivity index (χ2v) is 6.65. The van der Waals surface area contributed by atoms with Gasteiger partial charge in [-0.05, 0) is 59.9 Å². The predicted molar refractivity (Wildman–Crippen MR) is 119 cm³/mol. The number of H-pyrrole nitrogens is 1. The van der Waals surface area contributed by atoms with Gasteiger partial charge in [0.1, 0.15) is 0 Å². The van der Waals surface area contributed by atoms with Crippen LogP contribution >= 0.6 is 35.3 Å². The molecule has 3 rings (SSSR count). The molecule has 6 heteroatoms. The quantitative estimate of drug-likeness (QED) is 0.285. The largest absolute Gasteiger partial charge is 0.361 e. The molecule has 0 aliphatic carbocycles. The van der Waals surface area contributed by atoms with Crippen LogP contribution in [0.2, 0.25) is 0 Å². The number of benzene rings is 1. The molecule has 0 aliphatic rings. The Morgan fingerprint density at radius 2 is 2.12 bits per heavy atom. The molecule has 1 aromatic carbocycles. The number of aliphatic imine (C=N–C) groups is 1. The van der Waals surface area contributed by atoms with Gasteiger partial charge in [0.15, 0.2) is 5.96 Å². The third-order valence-electron chi connectivity index (χ3n) is 3.95. The number of aromatic amines is 1. The lowest BCUT2D eigenvalue weighted by Gasteiger charge is -2.11. The van der Waals surface area contributed by atoms with Crippen molar-refractivity contribution in [2.75, 3.05) is 13.1 Å². The van der Waals surface area contributed by atoms with Crippen molar-refractivity contribution >= 4 is 52.2 Å². The molecule has 3 aromatic rings. The van der Waals surface area contributed by atoms with Gasteiger partial charge in [-0.2, -0.15) is 11.3 Å². The summed E-state index contributed by atoms with van der Waals surface area (Å²) in [5.74, 6) is 0.874. The number of fused-ring (bicyclic) bond motifs is 1. The van der Waals surface area contributed by atoms with Crippen molar-refractivity contribution in [3.05, 3.63) is 57.9 Å². The average molecular weight is 468 g/mol. The van der Waals surface area contributed by atoms with Gasteiger partial charge in [0.2, 0.25) is 0 Å². The van der Waals surface area contributed by atoms with Crippen LogP contribution in [0.4, 0.5) is 0 Å². The Morgan fingerprint density at radius 1 is 1.24 bits per heavy atom. The first kappa shape index (κ1) is 19.8. The van der Waals surface area contributed by atoms with Crippen LogP contribution in [-0.4, -0.2) is 24.0 Å². The minimum absolute atomic E-state index is 0. The third kappa shape index (κ3) is 5.47. The molecule has 0 fully saturated rings. The van der Waals surface area contributed by atoms with Crippen molar-refractivity contribution in [1.82, 2.24) is 15.6 Å². The Labute approximate surface area is 170 Å². The fourth-order valence-corrected chi connectivity index (χ4v) is 3.38. The number of hydrogen-bond acceptors (Lipinski definition) is 2. The Hall–Kier alpha value is -1.54. The van der Waals surface area contributed by atoms with Crippen LogP contribution in [0.25, 0.3) is 10.9 Å². The smallest absolute Gasteiger partial charge is 0.191 e. The van der Waals surface area contributed by atoms with Crippen molar-refractivity contribution < 1.29 is 0 Å². The van der Waals surface area contributed by atoms with E-state index in [-0.39, 0.29) is 24.0 Å². The molecule has 0 saturated heterocycles.